The Morgan fingerprint density at radius 1 is 1.21 bits per heavy atom. The molecule has 0 saturated carbocycles. The Labute approximate surface area is 168 Å². The summed E-state index contributed by atoms with van der Waals surface area (Å²) in [5.74, 6) is -0.412. The standard InChI is InChI=1S/C21H20N4O2S/c1-13-16-11-10-14(20(26)27)12-17(16)23-19(18(13)24-21(22-2)28-4)25(3)15-8-6-5-7-9-15/h5-12H,1H2,2-4H3,(H,26,27)/b22-21+,24-18+. The van der Waals surface area contributed by atoms with Crippen LogP contribution in [0.1, 0.15) is 15.9 Å². The first-order chi connectivity index (χ1) is 13.5. The zero-order chi connectivity index (χ0) is 20.3. The number of aliphatic imine (C=N–C) groups is 3. The highest BCUT2D eigenvalue weighted by molar-refractivity contribution is 8.13. The molecule has 0 fully saturated rings. The molecule has 28 heavy (non-hydrogen) atoms. The van der Waals surface area contributed by atoms with Gasteiger partial charge in [0, 0.05) is 30.9 Å². The fourth-order valence-corrected chi connectivity index (χ4v) is 3.21. The second-order valence-corrected chi connectivity index (χ2v) is 6.79. The minimum Gasteiger partial charge on any atom is -0.478 e. The van der Waals surface area contributed by atoms with Gasteiger partial charge in [-0.1, -0.05) is 42.6 Å². The normalized spacial score (nSPS) is 15.2. The summed E-state index contributed by atoms with van der Waals surface area (Å²) in [6.07, 6.45) is 1.91. The number of rotatable bonds is 2. The predicted octanol–water partition coefficient (Wildman–Crippen LogP) is 4.37. The first kappa shape index (κ1) is 19.6. The molecule has 0 amide bonds. The molecule has 6 nitrogen and oxygen atoms in total. The van der Waals surface area contributed by atoms with E-state index in [1.807, 2.05) is 48.5 Å². The number of hydrogen-bond donors (Lipinski definition) is 1. The number of anilines is 1. The van der Waals surface area contributed by atoms with Gasteiger partial charge in [0.2, 0.25) is 0 Å². The molecule has 0 aliphatic carbocycles. The quantitative estimate of drug-likeness (QED) is 0.608. The molecule has 0 unspecified atom stereocenters. The van der Waals surface area contributed by atoms with Crippen LogP contribution >= 0.6 is 11.8 Å². The number of hydrogen-bond acceptors (Lipinski definition) is 5. The lowest BCUT2D eigenvalue weighted by Gasteiger charge is -2.27. The SMILES string of the molecule is C=C1/C(=N\C(=N/C)SC)C(N(C)c2ccccc2)=Nc2cc(C(=O)O)ccc21. The number of thioether (sulfide) groups is 1. The van der Waals surface area contributed by atoms with Gasteiger partial charge >= 0.3 is 5.97 Å². The Kier molecular flexibility index (Phi) is 5.75. The van der Waals surface area contributed by atoms with Crippen LogP contribution in [0.25, 0.3) is 5.57 Å². The van der Waals surface area contributed by atoms with Gasteiger partial charge in [0.1, 0.15) is 5.71 Å². The first-order valence-electron chi connectivity index (χ1n) is 8.50. The van der Waals surface area contributed by atoms with E-state index in [0.29, 0.717) is 28.0 Å². The monoisotopic (exact) mass is 392 g/mol. The van der Waals surface area contributed by atoms with Crippen LogP contribution in [0.3, 0.4) is 0 Å². The van der Waals surface area contributed by atoms with Crippen LogP contribution in [0.15, 0.2) is 70.1 Å². The van der Waals surface area contributed by atoms with Crippen molar-refractivity contribution in [2.24, 2.45) is 15.0 Å². The molecule has 1 heterocycles. The smallest absolute Gasteiger partial charge is 0.335 e. The molecule has 0 spiro atoms. The molecule has 0 radical (unpaired) electrons. The topological polar surface area (TPSA) is 77.6 Å². The van der Waals surface area contributed by atoms with Gasteiger partial charge in [-0.05, 0) is 30.5 Å². The Hall–Kier alpha value is -3.19. The molecule has 0 saturated heterocycles. The van der Waals surface area contributed by atoms with Gasteiger partial charge in [-0.25, -0.2) is 14.8 Å². The molecule has 2 aromatic carbocycles. The Balaban J connectivity index is 2.21. The van der Waals surface area contributed by atoms with Crippen molar-refractivity contribution in [3.05, 3.63) is 66.2 Å². The molecule has 1 aliphatic rings. The third-order valence-electron chi connectivity index (χ3n) is 4.34. The van der Waals surface area contributed by atoms with Crippen LogP contribution in [0.4, 0.5) is 11.4 Å². The van der Waals surface area contributed by atoms with Gasteiger partial charge in [-0.3, -0.25) is 4.99 Å². The fourth-order valence-electron chi connectivity index (χ4n) is 2.85. The highest BCUT2D eigenvalue weighted by Gasteiger charge is 2.27. The van der Waals surface area contributed by atoms with Crippen LogP contribution in [-0.2, 0) is 0 Å². The predicted molar refractivity (Wildman–Crippen MR) is 119 cm³/mol. The van der Waals surface area contributed by atoms with E-state index in [2.05, 4.69) is 16.6 Å². The van der Waals surface area contributed by atoms with Crippen molar-refractivity contribution >= 4 is 51.4 Å². The lowest BCUT2D eigenvalue weighted by molar-refractivity contribution is 0.0697. The van der Waals surface area contributed by atoms with Crippen LogP contribution in [-0.4, -0.2) is 48.1 Å². The van der Waals surface area contributed by atoms with Gasteiger partial charge in [0.05, 0.1) is 11.3 Å². The maximum absolute atomic E-state index is 11.4. The van der Waals surface area contributed by atoms with E-state index in [1.54, 1.807) is 25.2 Å². The number of fused-ring (bicyclic) bond motifs is 1. The second kappa shape index (κ2) is 8.22. The lowest BCUT2D eigenvalue weighted by atomic mass is 9.95. The maximum atomic E-state index is 11.4. The molecule has 3 rings (SSSR count). The van der Waals surface area contributed by atoms with Crippen molar-refractivity contribution < 1.29 is 9.90 Å². The van der Waals surface area contributed by atoms with Gasteiger partial charge in [0.15, 0.2) is 11.0 Å². The lowest BCUT2D eigenvalue weighted by Crippen LogP contribution is -2.36. The molecule has 1 N–H and O–H groups in total. The molecule has 0 atom stereocenters. The van der Waals surface area contributed by atoms with Crippen molar-refractivity contribution in [1.82, 2.24) is 0 Å². The zero-order valence-corrected chi connectivity index (χ0v) is 16.7. The molecule has 2 aromatic rings. The summed E-state index contributed by atoms with van der Waals surface area (Å²) in [7, 11) is 3.58. The number of para-hydroxylation sites is 1. The average molecular weight is 392 g/mol. The Morgan fingerprint density at radius 2 is 1.93 bits per heavy atom. The summed E-state index contributed by atoms with van der Waals surface area (Å²) in [4.78, 5) is 26.9. The van der Waals surface area contributed by atoms with Crippen LogP contribution in [0.5, 0.6) is 0 Å². The van der Waals surface area contributed by atoms with Crippen LogP contribution in [0.2, 0.25) is 0 Å². The second-order valence-electron chi connectivity index (χ2n) is 6.02. The van der Waals surface area contributed by atoms with E-state index >= 15 is 0 Å². The van der Waals surface area contributed by atoms with Crippen molar-refractivity contribution in [1.29, 1.82) is 0 Å². The molecule has 0 aromatic heterocycles. The first-order valence-corrected chi connectivity index (χ1v) is 9.73. The number of amidine groups is 2. The van der Waals surface area contributed by atoms with E-state index in [4.69, 9.17) is 4.99 Å². The van der Waals surface area contributed by atoms with E-state index in [-0.39, 0.29) is 5.56 Å². The maximum Gasteiger partial charge on any atom is 0.335 e. The highest BCUT2D eigenvalue weighted by Crippen LogP contribution is 2.34. The van der Waals surface area contributed by atoms with E-state index in [0.717, 1.165) is 11.3 Å². The Morgan fingerprint density at radius 3 is 2.54 bits per heavy atom. The number of nitrogens with zero attached hydrogens (tertiary/aromatic N) is 4. The third kappa shape index (κ3) is 3.75. The molecular formula is C21H20N4O2S. The van der Waals surface area contributed by atoms with Crippen molar-refractivity contribution in [3.8, 4) is 0 Å². The van der Waals surface area contributed by atoms with Gasteiger partial charge in [-0.15, -0.1) is 0 Å². The Bertz CT molecular complexity index is 1030. The number of benzene rings is 2. The number of carboxylic acid groups (broad SMARTS) is 1. The summed E-state index contributed by atoms with van der Waals surface area (Å²) in [6, 6.07) is 14.6. The highest BCUT2D eigenvalue weighted by atomic mass is 32.2. The number of carboxylic acids is 1. The molecule has 0 bridgehead atoms. The number of aromatic carboxylic acids is 1. The van der Waals surface area contributed by atoms with E-state index in [1.165, 1.54) is 11.8 Å². The van der Waals surface area contributed by atoms with Gasteiger partial charge in [-0.2, -0.15) is 0 Å². The van der Waals surface area contributed by atoms with Gasteiger partial charge < -0.3 is 10.0 Å². The van der Waals surface area contributed by atoms with Crippen LogP contribution < -0.4 is 4.90 Å². The zero-order valence-electron chi connectivity index (χ0n) is 15.9. The minimum absolute atomic E-state index is 0.178. The summed E-state index contributed by atoms with van der Waals surface area (Å²) in [5, 5.41) is 9.92. The molecular weight excluding hydrogens is 372 g/mol. The van der Waals surface area contributed by atoms with Crippen molar-refractivity contribution in [3.63, 3.8) is 0 Å². The van der Waals surface area contributed by atoms with Crippen molar-refractivity contribution in [2.45, 2.75) is 0 Å². The van der Waals surface area contributed by atoms with Gasteiger partial charge in [0.25, 0.3) is 0 Å². The average Bonchev–Trinajstić information content (AvgIpc) is 2.72. The van der Waals surface area contributed by atoms with E-state index < -0.39 is 5.97 Å². The molecule has 7 heteroatoms. The molecule has 1 aliphatic heterocycles. The summed E-state index contributed by atoms with van der Waals surface area (Å²) in [5.41, 5.74) is 3.70. The van der Waals surface area contributed by atoms with E-state index in [9.17, 15) is 9.90 Å². The number of carbonyl (C=O) groups is 1. The minimum atomic E-state index is -0.996. The summed E-state index contributed by atoms with van der Waals surface area (Å²) in [6.45, 7) is 4.21. The fraction of sp³-hybridized carbons (Fsp3) is 0.143. The third-order valence-corrected chi connectivity index (χ3v) is 4.98. The molecule has 142 valence electrons. The summed E-state index contributed by atoms with van der Waals surface area (Å²) >= 11 is 1.43. The largest absolute Gasteiger partial charge is 0.478 e. The van der Waals surface area contributed by atoms with Crippen LogP contribution in [0, 0.1) is 0 Å². The summed E-state index contributed by atoms with van der Waals surface area (Å²) < 4.78 is 0. The van der Waals surface area contributed by atoms with Crippen molar-refractivity contribution in [2.75, 3.05) is 25.3 Å².